The third-order valence-electron chi connectivity index (χ3n) is 3.78. The molecule has 0 fully saturated rings. The maximum absolute atomic E-state index is 13.7. The van der Waals surface area contributed by atoms with Crippen LogP contribution in [-0.4, -0.2) is 17.7 Å². The Morgan fingerprint density at radius 2 is 1.33 bits per heavy atom. The molecule has 3 N–H and O–H groups in total. The number of carbonyl (C=O) groups is 3. The highest BCUT2D eigenvalue weighted by Gasteiger charge is 2.36. The minimum absolute atomic E-state index is 0.220. The zero-order valence-corrected chi connectivity index (χ0v) is 15.0. The van der Waals surface area contributed by atoms with Gasteiger partial charge in [0.1, 0.15) is 17.0 Å². The largest absolute Gasteiger partial charge is 0.326 e. The Morgan fingerprint density at radius 1 is 0.815 bits per heavy atom. The molecule has 0 radical (unpaired) electrons. The quantitative estimate of drug-likeness (QED) is 0.699. The van der Waals surface area contributed by atoms with Crippen molar-refractivity contribution in [3.05, 3.63) is 54.1 Å². The summed E-state index contributed by atoms with van der Waals surface area (Å²) in [5.41, 5.74) is -0.772. The van der Waals surface area contributed by atoms with E-state index >= 15 is 0 Å². The molecule has 2 rings (SSSR count). The Morgan fingerprint density at radius 3 is 1.85 bits per heavy atom. The van der Waals surface area contributed by atoms with Crippen LogP contribution in [0.4, 0.5) is 25.8 Å². The van der Waals surface area contributed by atoms with Gasteiger partial charge in [0, 0.05) is 24.4 Å². The van der Waals surface area contributed by atoms with Crippen LogP contribution in [0.25, 0.3) is 0 Å². The number of rotatable bonds is 5. The van der Waals surface area contributed by atoms with Gasteiger partial charge in [0.15, 0.2) is 0 Å². The van der Waals surface area contributed by atoms with Crippen molar-refractivity contribution < 1.29 is 23.2 Å². The summed E-state index contributed by atoms with van der Waals surface area (Å²) in [6.07, 6.45) is 0. The van der Waals surface area contributed by atoms with Gasteiger partial charge in [-0.2, -0.15) is 0 Å². The van der Waals surface area contributed by atoms with Crippen LogP contribution >= 0.6 is 0 Å². The number of hydrogen-bond donors (Lipinski definition) is 3. The Bertz CT molecular complexity index is 880. The molecule has 0 atom stereocenters. The fourth-order valence-electron chi connectivity index (χ4n) is 2.10. The van der Waals surface area contributed by atoms with Gasteiger partial charge in [0.25, 0.3) is 0 Å². The Kier molecular flexibility index (Phi) is 5.89. The molecular weight excluding hydrogens is 356 g/mol. The molecule has 0 unspecified atom stereocenters. The highest BCUT2D eigenvalue weighted by Crippen LogP contribution is 2.24. The topological polar surface area (TPSA) is 87.3 Å². The van der Waals surface area contributed by atoms with Crippen LogP contribution in [-0.2, 0) is 14.4 Å². The lowest BCUT2D eigenvalue weighted by atomic mass is 9.90. The van der Waals surface area contributed by atoms with Crippen LogP contribution in [0.2, 0.25) is 0 Å². The summed E-state index contributed by atoms with van der Waals surface area (Å²) >= 11 is 0. The normalized spacial score (nSPS) is 10.9. The van der Waals surface area contributed by atoms with Crippen molar-refractivity contribution in [2.45, 2.75) is 20.8 Å². The first-order valence-electron chi connectivity index (χ1n) is 8.05. The molecule has 27 heavy (non-hydrogen) atoms. The van der Waals surface area contributed by atoms with Crippen molar-refractivity contribution >= 4 is 34.8 Å². The van der Waals surface area contributed by atoms with Crippen LogP contribution in [0.3, 0.4) is 0 Å². The lowest BCUT2D eigenvalue weighted by Crippen LogP contribution is -2.41. The Balaban J connectivity index is 2.07. The van der Waals surface area contributed by atoms with Gasteiger partial charge in [-0.15, -0.1) is 0 Å². The Labute approximate surface area is 155 Å². The van der Waals surface area contributed by atoms with Crippen LogP contribution < -0.4 is 16.0 Å². The third-order valence-corrected chi connectivity index (χ3v) is 3.78. The number of amides is 3. The van der Waals surface area contributed by atoms with E-state index in [0.29, 0.717) is 17.4 Å². The molecule has 0 saturated carbocycles. The predicted molar refractivity (Wildman–Crippen MR) is 98.1 cm³/mol. The van der Waals surface area contributed by atoms with E-state index in [1.165, 1.54) is 20.8 Å². The number of nitrogens with one attached hydrogen (secondary N) is 3. The van der Waals surface area contributed by atoms with E-state index in [4.69, 9.17) is 0 Å². The molecule has 8 heteroatoms. The van der Waals surface area contributed by atoms with Crippen LogP contribution in [0.15, 0.2) is 42.5 Å². The molecule has 0 aromatic heterocycles. The lowest BCUT2D eigenvalue weighted by Gasteiger charge is -2.23. The van der Waals surface area contributed by atoms with Gasteiger partial charge in [-0.05, 0) is 50.2 Å². The number of halogens is 2. The maximum Gasteiger partial charge on any atom is 0.239 e. The van der Waals surface area contributed by atoms with Gasteiger partial charge >= 0.3 is 0 Å². The molecule has 0 heterocycles. The van der Waals surface area contributed by atoms with Crippen molar-refractivity contribution in [3.8, 4) is 0 Å². The second-order valence-electron chi connectivity index (χ2n) is 6.42. The third kappa shape index (κ3) is 5.10. The number of carbonyl (C=O) groups excluding carboxylic acids is 3. The molecule has 0 saturated heterocycles. The Hall–Kier alpha value is -3.29. The zero-order valence-electron chi connectivity index (χ0n) is 15.0. The second-order valence-corrected chi connectivity index (χ2v) is 6.42. The van der Waals surface area contributed by atoms with Gasteiger partial charge in [0.2, 0.25) is 17.7 Å². The SMILES string of the molecule is CC(=O)Nc1ccc(NC(=O)C(C)(C)C(=O)Nc2ccc(F)cc2F)cc1. The van der Waals surface area contributed by atoms with Crippen LogP contribution in [0, 0.1) is 17.0 Å². The second kappa shape index (κ2) is 7.94. The van der Waals surface area contributed by atoms with E-state index in [2.05, 4.69) is 16.0 Å². The molecule has 0 aliphatic carbocycles. The number of hydrogen-bond acceptors (Lipinski definition) is 3. The summed E-state index contributed by atoms with van der Waals surface area (Å²) < 4.78 is 26.6. The predicted octanol–water partition coefficient (Wildman–Crippen LogP) is 3.53. The van der Waals surface area contributed by atoms with E-state index < -0.39 is 28.9 Å². The number of benzene rings is 2. The number of anilines is 3. The van der Waals surface area contributed by atoms with E-state index in [-0.39, 0.29) is 11.6 Å². The fraction of sp³-hybridized carbons (Fsp3) is 0.211. The molecule has 142 valence electrons. The van der Waals surface area contributed by atoms with Crippen LogP contribution in [0.1, 0.15) is 20.8 Å². The van der Waals surface area contributed by atoms with Crippen molar-refractivity contribution in [2.24, 2.45) is 5.41 Å². The van der Waals surface area contributed by atoms with Gasteiger partial charge in [-0.3, -0.25) is 14.4 Å². The molecule has 2 aromatic rings. The molecule has 2 aromatic carbocycles. The summed E-state index contributed by atoms with van der Waals surface area (Å²) in [7, 11) is 0. The maximum atomic E-state index is 13.7. The monoisotopic (exact) mass is 375 g/mol. The highest BCUT2D eigenvalue weighted by molar-refractivity contribution is 6.14. The van der Waals surface area contributed by atoms with Crippen molar-refractivity contribution in [1.29, 1.82) is 0 Å². The van der Waals surface area contributed by atoms with Crippen molar-refractivity contribution in [1.82, 2.24) is 0 Å². The van der Waals surface area contributed by atoms with Gasteiger partial charge in [-0.1, -0.05) is 0 Å². The molecule has 0 aliphatic heterocycles. The van der Waals surface area contributed by atoms with E-state index in [1.54, 1.807) is 24.3 Å². The fourth-order valence-corrected chi connectivity index (χ4v) is 2.10. The van der Waals surface area contributed by atoms with Gasteiger partial charge < -0.3 is 16.0 Å². The van der Waals surface area contributed by atoms with Crippen LogP contribution in [0.5, 0.6) is 0 Å². The molecule has 3 amide bonds. The zero-order chi connectivity index (χ0) is 20.2. The molecule has 0 bridgehead atoms. The van der Waals surface area contributed by atoms with E-state index in [9.17, 15) is 23.2 Å². The first kappa shape index (κ1) is 20.0. The minimum Gasteiger partial charge on any atom is -0.326 e. The average molecular weight is 375 g/mol. The van der Waals surface area contributed by atoms with Crippen molar-refractivity contribution in [2.75, 3.05) is 16.0 Å². The summed E-state index contributed by atoms with van der Waals surface area (Å²) in [4.78, 5) is 35.9. The summed E-state index contributed by atoms with van der Waals surface area (Å²) in [5.74, 6) is -3.30. The summed E-state index contributed by atoms with van der Waals surface area (Å²) in [5, 5.41) is 7.47. The summed E-state index contributed by atoms with van der Waals surface area (Å²) in [6, 6.07) is 9.04. The van der Waals surface area contributed by atoms with Gasteiger partial charge in [-0.25, -0.2) is 8.78 Å². The van der Waals surface area contributed by atoms with Crippen molar-refractivity contribution in [3.63, 3.8) is 0 Å². The van der Waals surface area contributed by atoms with E-state index in [1.807, 2.05) is 0 Å². The molecule has 6 nitrogen and oxygen atoms in total. The average Bonchev–Trinajstić information content (AvgIpc) is 2.58. The standard InChI is InChI=1S/C19H19F2N3O3/c1-11(25)22-13-5-7-14(8-6-13)23-17(26)19(2,3)18(27)24-16-9-4-12(20)10-15(16)21/h4-10H,1-3H3,(H,22,25)(H,23,26)(H,24,27). The first-order valence-corrected chi connectivity index (χ1v) is 8.05. The molecule has 0 aliphatic rings. The molecular formula is C19H19F2N3O3. The smallest absolute Gasteiger partial charge is 0.239 e. The summed E-state index contributed by atoms with van der Waals surface area (Å²) in [6.45, 7) is 4.14. The van der Waals surface area contributed by atoms with Gasteiger partial charge in [0.05, 0.1) is 5.69 Å². The lowest BCUT2D eigenvalue weighted by molar-refractivity contribution is -0.135. The first-order chi connectivity index (χ1) is 12.6. The minimum atomic E-state index is -1.53. The van der Waals surface area contributed by atoms with E-state index in [0.717, 1.165) is 12.1 Å². The highest BCUT2D eigenvalue weighted by atomic mass is 19.1. The molecule has 0 spiro atoms.